The van der Waals surface area contributed by atoms with Crippen molar-refractivity contribution in [1.82, 2.24) is 4.98 Å². The van der Waals surface area contributed by atoms with Crippen LogP contribution in [0.25, 0.3) is 0 Å². The van der Waals surface area contributed by atoms with Crippen LogP contribution < -0.4 is 5.32 Å². The van der Waals surface area contributed by atoms with Crippen molar-refractivity contribution in [3.8, 4) is 0 Å². The molecule has 108 valence electrons. The molecule has 2 rings (SSSR count). The topological polar surface area (TPSA) is 79.3 Å². The summed E-state index contributed by atoms with van der Waals surface area (Å²) >= 11 is 3.03. The maximum atomic E-state index is 13.6. The fraction of sp³-hybridized carbons (Fsp3) is 0.462. The summed E-state index contributed by atoms with van der Waals surface area (Å²) in [5, 5.41) is 11.6. The van der Waals surface area contributed by atoms with Crippen LogP contribution in [0.2, 0.25) is 0 Å². The minimum atomic E-state index is -0.973. The van der Waals surface area contributed by atoms with Gasteiger partial charge in [-0.25, -0.2) is 4.98 Å². The highest BCUT2D eigenvalue weighted by atomic mass is 79.9. The fourth-order valence-electron chi connectivity index (χ4n) is 2.47. The van der Waals surface area contributed by atoms with Gasteiger partial charge in [-0.05, 0) is 40.9 Å². The van der Waals surface area contributed by atoms with Crippen LogP contribution in [0.4, 0.5) is 10.1 Å². The van der Waals surface area contributed by atoms with Crippen molar-refractivity contribution < 1.29 is 19.1 Å². The Morgan fingerprint density at radius 3 is 2.55 bits per heavy atom. The SMILES string of the molecule is O=C(O)[C@H]1CCCC[C@@H]1C(=O)Nc1ccc(Br)nc1F. The summed E-state index contributed by atoms with van der Waals surface area (Å²) in [7, 11) is 0. The second-order valence-corrected chi connectivity index (χ2v) is 5.61. The lowest BCUT2D eigenvalue weighted by molar-refractivity contribution is -0.147. The van der Waals surface area contributed by atoms with Gasteiger partial charge in [-0.15, -0.1) is 0 Å². The molecular formula is C13H14BrFN2O3. The molecule has 1 aliphatic carbocycles. The molecule has 0 bridgehead atoms. The van der Waals surface area contributed by atoms with Crippen LogP contribution in [0.15, 0.2) is 16.7 Å². The van der Waals surface area contributed by atoms with Gasteiger partial charge in [0.25, 0.3) is 0 Å². The van der Waals surface area contributed by atoms with Crippen molar-refractivity contribution in [2.75, 3.05) is 5.32 Å². The molecule has 0 spiro atoms. The number of aromatic nitrogens is 1. The van der Waals surface area contributed by atoms with Gasteiger partial charge in [0.1, 0.15) is 4.60 Å². The van der Waals surface area contributed by atoms with Gasteiger partial charge in [-0.3, -0.25) is 9.59 Å². The smallest absolute Gasteiger partial charge is 0.307 e. The molecule has 1 heterocycles. The van der Waals surface area contributed by atoms with Crippen molar-refractivity contribution in [3.05, 3.63) is 22.7 Å². The second-order valence-electron chi connectivity index (χ2n) is 4.80. The number of hydrogen-bond acceptors (Lipinski definition) is 3. The number of halogens is 2. The Morgan fingerprint density at radius 2 is 1.95 bits per heavy atom. The molecule has 0 saturated heterocycles. The molecule has 2 atom stereocenters. The second kappa shape index (κ2) is 6.30. The van der Waals surface area contributed by atoms with Crippen molar-refractivity contribution in [1.29, 1.82) is 0 Å². The molecule has 1 aromatic heterocycles. The van der Waals surface area contributed by atoms with Gasteiger partial charge < -0.3 is 10.4 Å². The zero-order valence-corrected chi connectivity index (χ0v) is 12.2. The van der Waals surface area contributed by atoms with E-state index in [-0.39, 0.29) is 5.69 Å². The van der Waals surface area contributed by atoms with Crippen molar-refractivity contribution in [2.24, 2.45) is 11.8 Å². The molecular weight excluding hydrogens is 331 g/mol. The molecule has 7 heteroatoms. The first kappa shape index (κ1) is 14.9. The van der Waals surface area contributed by atoms with E-state index >= 15 is 0 Å². The predicted molar refractivity (Wildman–Crippen MR) is 73.6 cm³/mol. The minimum Gasteiger partial charge on any atom is -0.481 e. The van der Waals surface area contributed by atoms with Gasteiger partial charge in [0, 0.05) is 0 Å². The van der Waals surface area contributed by atoms with Crippen LogP contribution in [0.1, 0.15) is 25.7 Å². The quantitative estimate of drug-likeness (QED) is 0.826. The summed E-state index contributed by atoms with van der Waals surface area (Å²) in [5.41, 5.74) is -0.0343. The van der Waals surface area contributed by atoms with E-state index in [4.69, 9.17) is 5.11 Å². The van der Waals surface area contributed by atoms with E-state index in [1.807, 2.05) is 0 Å². The molecule has 0 radical (unpaired) electrons. The molecule has 20 heavy (non-hydrogen) atoms. The van der Waals surface area contributed by atoms with Crippen LogP contribution in [0, 0.1) is 17.8 Å². The monoisotopic (exact) mass is 344 g/mol. The Hall–Kier alpha value is -1.50. The molecule has 2 N–H and O–H groups in total. The van der Waals surface area contributed by atoms with Gasteiger partial charge in [-0.1, -0.05) is 12.8 Å². The zero-order chi connectivity index (χ0) is 14.7. The number of rotatable bonds is 3. The average Bonchev–Trinajstić information content (AvgIpc) is 2.41. The highest BCUT2D eigenvalue weighted by molar-refractivity contribution is 9.10. The summed E-state index contributed by atoms with van der Waals surface area (Å²) in [4.78, 5) is 26.8. The first-order valence-corrected chi connectivity index (χ1v) is 7.14. The lowest BCUT2D eigenvalue weighted by atomic mass is 9.78. The lowest BCUT2D eigenvalue weighted by Crippen LogP contribution is -2.36. The van der Waals surface area contributed by atoms with Crippen molar-refractivity contribution in [3.63, 3.8) is 0 Å². The number of aliphatic carboxylic acids is 1. The summed E-state index contributed by atoms with van der Waals surface area (Å²) in [6.07, 6.45) is 2.60. The molecule has 0 aliphatic heterocycles. The van der Waals surface area contributed by atoms with Crippen molar-refractivity contribution in [2.45, 2.75) is 25.7 Å². The van der Waals surface area contributed by atoms with E-state index in [9.17, 15) is 14.0 Å². The number of hydrogen-bond donors (Lipinski definition) is 2. The molecule has 0 unspecified atom stereocenters. The number of carboxylic acid groups (broad SMARTS) is 1. The highest BCUT2D eigenvalue weighted by Gasteiger charge is 2.35. The van der Waals surface area contributed by atoms with E-state index in [1.54, 1.807) is 0 Å². The Labute approximate surface area is 123 Å². The van der Waals surface area contributed by atoms with E-state index in [0.29, 0.717) is 17.4 Å². The molecule has 1 amide bonds. The van der Waals surface area contributed by atoms with Crippen molar-refractivity contribution >= 4 is 33.5 Å². The summed E-state index contributed by atoms with van der Waals surface area (Å²) in [6, 6.07) is 2.90. The van der Waals surface area contributed by atoms with Crippen LogP contribution >= 0.6 is 15.9 Å². The minimum absolute atomic E-state index is 0.0343. The highest BCUT2D eigenvalue weighted by Crippen LogP contribution is 2.31. The summed E-state index contributed by atoms with van der Waals surface area (Å²) in [6.45, 7) is 0. The zero-order valence-electron chi connectivity index (χ0n) is 10.6. The van der Waals surface area contributed by atoms with Gasteiger partial charge in [0.2, 0.25) is 11.9 Å². The molecule has 1 fully saturated rings. The number of carbonyl (C=O) groups is 2. The largest absolute Gasteiger partial charge is 0.481 e. The number of amides is 1. The normalized spacial score (nSPS) is 22.3. The molecule has 0 aromatic carbocycles. The number of carboxylic acids is 1. The Morgan fingerprint density at radius 1 is 1.30 bits per heavy atom. The lowest BCUT2D eigenvalue weighted by Gasteiger charge is -2.27. The number of nitrogens with zero attached hydrogens (tertiary/aromatic N) is 1. The van der Waals surface area contributed by atoms with Gasteiger partial charge >= 0.3 is 5.97 Å². The number of nitrogens with one attached hydrogen (secondary N) is 1. The Bertz CT molecular complexity index is 538. The standard InChI is InChI=1S/C13H14BrFN2O3/c14-10-6-5-9(11(15)17-10)16-12(18)7-3-1-2-4-8(7)13(19)20/h5-8H,1-4H2,(H,16,18)(H,19,20)/t7-,8-/m0/s1. The van der Waals surface area contributed by atoms with E-state index < -0.39 is 29.7 Å². The average molecular weight is 345 g/mol. The molecule has 1 aromatic rings. The van der Waals surface area contributed by atoms with Gasteiger partial charge in [-0.2, -0.15) is 4.39 Å². The predicted octanol–water partition coefficient (Wildman–Crippen LogP) is 2.81. The molecule has 5 nitrogen and oxygen atoms in total. The van der Waals surface area contributed by atoms with E-state index in [2.05, 4.69) is 26.2 Å². The number of pyridine rings is 1. The third kappa shape index (κ3) is 3.33. The van der Waals surface area contributed by atoms with Gasteiger partial charge in [0.15, 0.2) is 0 Å². The fourth-order valence-corrected chi connectivity index (χ4v) is 2.76. The van der Waals surface area contributed by atoms with Crippen LogP contribution in [-0.4, -0.2) is 22.0 Å². The Balaban J connectivity index is 2.12. The number of carbonyl (C=O) groups excluding carboxylic acids is 1. The maximum Gasteiger partial charge on any atom is 0.307 e. The summed E-state index contributed by atoms with van der Waals surface area (Å²) in [5.74, 6) is -3.55. The maximum absolute atomic E-state index is 13.6. The first-order valence-electron chi connectivity index (χ1n) is 6.34. The van der Waals surface area contributed by atoms with Crippen LogP contribution in [-0.2, 0) is 9.59 Å². The molecule has 1 saturated carbocycles. The third-order valence-corrected chi connectivity index (χ3v) is 3.93. The number of anilines is 1. The van der Waals surface area contributed by atoms with Crippen LogP contribution in [0.3, 0.4) is 0 Å². The van der Waals surface area contributed by atoms with Gasteiger partial charge in [0.05, 0.1) is 17.5 Å². The van der Waals surface area contributed by atoms with Crippen LogP contribution in [0.5, 0.6) is 0 Å². The van der Waals surface area contributed by atoms with E-state index in [0.717, 1.165) is 12.8 Å². The Kier molecular flexibility index (Phi) is 4.69. The first-order chi connectivity index (χ1) is 9.49. The summed E-state index contributed by atoms with van der Waals surface area (Å²) < 4.78 is 13.9. The van der Waals surface area contributed by atoms with E-state index in [1.165, 1.54) is 12.1 Å². The molecule has 1 aliphatic rings. The third-order valence-electron chi connectivity index (χ3n) is 3.49.